The van der Waals surface area contributed by atoms with Crippen LogP contribution in [0.25, 0.3) is 0 Å². The van der Waals surface area contributed by atoms with Crippen LogP contribution >= 0.6 is 22.9 Å². The third kappa shape index (κ3) is 4.45. The Kier molecular flexibility index (Phi) is 5.13. The first kappa shape index (κ1) is 14.2. The Morgan fingerprint density at radius 2 is 2.05 bits per heavy atom. The van der Waals surface area contributed by atoms with Crippen LogP contribution in [0.5, 0.6) is 5.75 Å². The lowest BCUT2D eigenvalue weighted by molar-refractivity contribution is 0.297. The molecule has 102 valence electrons. The summed E-state index contributed by atoms with van der Waals surface area (Å²) < 4.78 is 31.9. The highest BCUT2D eigenvalue weighted by Crippen LogP contribution is 2.21. The highest BCUT2D eigenvalue weighted by molar-refractivity contribution is 7.16. The Balaban J connectivity index is 1.69. The summed E-state index contributed by atoms with van der Waals surface area (Å²) in [5.41, 5.74) is 0. The summed E-state index contributed by atoms with van der Waals surface area (Å²) >= 11 is 7.31. The van der Waals surface area contributed by atoms with Crippen molar-refractivity contribution in [3.05, 3.63) is 51.2 Å². The molecule has 0 amide bonds. The summed E-state index contributed by atoms with van der Waals surface area (Å²) in [6.07, 6.45) is 0. The average molecular weight is 304 g/mol. The van der Waals surface area contributed by atoms with Gasteiger partial charge >= 0.3 is 0 Å². The molecule has 0 fully saturated rings. The van der Waals surface area contributed by atoms with E-state index >= 15 is 0 Å². The summed E-state index contributed by atoms with van der Waals surface area (Å²) in [6, 6.07) is 7.04. The van der Waals surface area contributed by atoms with E-state index in [1.807, 2.05) is 12.1 Å². The summed E-state index contributed by atoms with van der Waals surface area (Å²) in [5, 5.41) is 3.15. The van der Waals surface area contributed by atoms with Crippen molar-refractivity contribution in [3.63, 3.8) is 0 Å². The largest absolute Gasteiger partial charge is 0.489 e. The van der Waals surface area contributed by atoms with Crippen molar-refractivity contribution in [1.82, 2.24) is 5.32 Å². The topological polar surface area (TPSA) is 21.3 Å². The van der Waals surface area contributed by atoms with Gasteiger partial charge < -0.3 is 10.1 Å². The number of ether oxygens (including phenoxy) is 1. The van der Waals surface area contributed by atoms with Crippen LogP contribution in [0.2, 0.25) is 4.34 Å². The number of hydrogen-bond acceptors (Lipinski definition) is 3. The van der Waals surface area contributed by atoms with Gasteiger partial charge in [0.1, 0.15) is 12.4 Å². The van der Waals surface area contributed by atoms with Crippen LogP contribution in [0.4, 0.5) is 8.78 Å². The normalized spacial score (nSPS) is 10.7. The van der Waals surface area contributed by atoms with Crippen molar-refractivity contribution in [2.75, 3.05) is 13.2 Å². The van der Waals surface area contributed by atoms with Gasteiger partial charge in [-0.15, -0.1) is 11.3 Å². The van der Waals surface area contributed by atoms with E-state index in [0.717, 1.165) is 15.3 Å². The molecule has 0 saturated heterocycles. The molecule has 1 aromatic carbocycles. The van der Waals surface area contributed by atoms with Crippen LogP contribution < -0.4 is 10.1 Å². The average Bonchev–Trinajstić information content (AvgIpc) is 2.77. The Labute approximate surface area is 119 Å². The fraction of sp³-hybridized carbons (Fsp3) is 0.231. The van der Waals surface area contributed by atoms with Crippen LogP contribution in [0.3, 0.4) is 0 Å². The van der Waals surface area contributed by atoms with Crippen molar-refractivity contribution in [3.8, 4) is 5.75 Å². The molecule has 1 N–H and O–H groups in total. The van der Waals surface area contributed by atoms with E-state index in [0.29, 0.717) is 19.7 Å². The zero-order valence-corrected chi connectivity index (χ0v) is 11.5. The van der Waals surface area contributed by atoms with Crippen molar-refractivity contribution in [2.45, 2.75) is 6.54 Å². The Bertz CT molecular complexity index is 547. The smallest absolute Gasteiger partial charge is 0.167 e. The predicted octanol–water partition coefficient (Wildman–Crippen LogP) is 3.85. The summed E-state index contributed by atoms with van der Waals surface area (Å²) in [7, 11) is 0. The van der Waals surface area contributed by atoms with E-state index in [9.17, 15) is 8.78 Å². The van der Waals surface area contributed by atoms with Gasteiger partial charge in [0.05, 0.1) is 4.34 Å². The molecule has 1 heterocycles. The molecule has 19 heavy (non-hydrogen) atoms. The van der Waals surface area contributed by atoms with Crippen LogP contribution in [-0.2, 0) is 6.54 Å². The van der Waals surface area contributed by atoms with Gasteiger partial charge in [-0.2, -0.15) is 0 Å². The van der Waals surface area contributed by atoms with Crippen molar-refractivity contribution in [2.24, 2.45) is 0 Å². The Hall–Kier alpha value is -1.17. The molecule has 2 aromatic rings. The summed E-state index contributed by atoms with van der Waals surface area (Å²) in [4.78, 5) is 1.12. The molecule has 2 nitrogen and oxygen atoms in total. The third-order valence-corrected chi connectivity index (χ3v) is 3.59. The Morgan fingerprint density at radius 3 is 2.74 bits per heavy atom. The van der Waals surface area contributed by atoms with Gasteiger partial charge in [0.15, 0.2) is 11.6 Å². The van der Waals surface area contributed by atoms with E-state index in [2.05, 4.69) is 5.32 Å². The van der Waals surface area contributed by atoms with Crippen LogP contribution in [-0.4, -0.2) is 13.2 Å². The predicted molar refractivity (Wildman–Crippen MR) is 72.9 cm³/mol. The molecule has 0 aliphatic carbocycles. The van der Waals surface area contributed by atoms with Gasteiger partial charge in [0, 0.05) is 24.0 Å². The van der Waals surface area contributed by atoms with Gasteiger partial charge in [0.2, 0.25) is 0 Å². The summed E-state index contributed by atoms with van der Waals surface area (Å²) in [6.45, 7) is 1.56. The molecule has 0 bridgehead atoms. The first-order valence-corrected chi connectivity index (χ1v) is 6.87. The van der Waals surface area contributed by atoms with E-state index in [1.165, 1.54) is 23.5 Å². The second-order valence-corrected chi connectivity index (χ2v) is 5.61. The minimum absolute atomic E-state index is 0.0577. The second-order valence-electron chi connectivity index (χ2n) is 3.81. The SMILES string of the molecule is Fc1ccc(OCCNCc2ccc(Cl)s2)c(F)c1. The van der Waals surface area contributed by atoms with Crippen molar-refractivity contribution < 1.29 is 13.5 Å². The van der Waals surface area contributed by atoms with Gasteiger partial charge in [-0.25, -0.2) is 8.78 Å². The first-order chi connectivity index (χ1) is 9.15. The molecular formula is C13H12ClF2NOS. The molecule has 0 spiro atoms. The lowest BCUT2D eigenvalue weighted by Gasteiger charge is -2.07. The van der Waals surface area contributed by atoms with Gasteiger partial charge in [-0.1, -0.05) is 11.6 Å². The fourth-order valence-electron chi connectivity index (χ4n) is 1.48. The molecule has 6 heteroatoms. The molecule has 0 radical (unpaired) electrons. The van der Waals surface area contributed by atoms with E-state index in [4.69, 9.17) is 16.3 Å². The number of benzene rings is 1. The van der Waals surface area contributed by atoms with Crippen molar-refractivity contribution in [1.29, 1.82) is 0 Å². The molecule has 0 atom stereocenters. The minimum Gasteiger partial charge on any atom is -0.489 e. The standard InChI is InChI=1S/C13H12ClF2NOS/c14-13-4-2-10(19-13)8-17-5-6-18-12-3-1-9(15)7-11(12)16/h1-4,7,17H,5-6,8H2. The van der Waals surface area contributed by atoms with Gasteiger partial charge in [0.25, 0.3) is 0 Å². The van der Waals surface area contributed by atoms with Crippen molar-refractivity contribution >= 4 is 22.9 Å². The van der Waals surface area contributed by atoms with Gasteiger partial charge in [-0.05, 0) is 24.3 Å². The lowest BCUT2D eigenvalue weighted by atomic mass is 10.3. The maximum Gasteiger partial charge on any atom is 0.167 e. The van der Waals surface area contributed by atoms with Crippen LogP contribution in [0, 0.1) is 11.6 Å². The van der Waals surface area contributed by atoms with E-state index < -0.39 is 11.6 Å². The lowest BCUT2D eigenvalue weighted by Crippen LogP contribution is -2.20. The van der Waals surface area contributed by atoms with E-state index in [1.54, 1.807) is 0 Å². The second kappa shape index (κ2) is 6.84. The number of halogens is 3. The number of hydrogen-bond donors (Lipinski definition) is 1. The zero-order valence-electron chi connectivity index (χ0n) is 9.96. The quantitative estimate of drug-likeness (QED) is 0.819. The zero-order chi connectivity index (χ0) is 13.7. The molecule has 2 rings (SSSR count). The number of nitrogens with one attached hydrogen (secondary N) is 1. The molecule has 0 aliphatic rings. The maximum absolute atomic E-state index is 13.2. The highest BCUT2D eigenvalue weighted by Gasteiger charge is 2.04. The third-order valence-electron chi connectivity index (χ3n) is 2.36. The number of thiophene rings is 1. The van der Waals surface area contributed by atoms with E-state index in [-0.39, 0.29) is 5.75 Å². The molecule has 0 saturated carbocycles. The highest BCUT2D eigenvalue weighted by atomic mass is 35.5. The summed E-state index contributed by atoms with van der Waals surface area (Å²) in [5.74, 6) is -1.25. The molecule has 0 unspecified atom stereocenters. The molecular weight excluding hydrogens is 292 g/mol. The maximum atomic E-state index is 13.2. The molecule has 0 aliphatic heterocycles. The van der Waals surface area contributed by atoms with Crippen LogP contribution in [0.15, 0.2) is 30.3 Å². The van der Waals surface area contributed by atoms with Gasteiger partial charge in [-0.3, -0.25) is 0 Å². The Morgan fingerprint density at radius 1 is 1.21 bits per heavy atom. The molecule has 1 aromatic heterocycles. The monoisotopic (exact) mass is 303 g/mol. The first-order valence-electron chi connectivity index (χ1n) is 5.68. The van der Waals surface area contributed by atoms with Crippen LogP contribution in [0.1, 0.15) is 4.88 Å². The number of rotatable bonds is 6. The minimum atomic E-state index is -0.690. The fourth-order valence-corrected chi connectivity index (χ4v) is 2.54.